The topological polar surface area (TPSA) is 26.3 Å². The van der Waals surface area contributed by atoms with E-state index in [1.54, 1.807) is 25.1 Å². The molecule has 0 heterocycles. The van der Waals surface area contributed by atoms with Gasteiger partial charge in [0.1, 0.15) is 5.82 Å². The van der Waals surface area contributed by atoms with Crippen LogP contribution in [-0.2, 0) is 16.0 Å². The van der Waals surface area contributed by atoms with E-state index in [1.807, 2.05) is 0 Å². The zero-order valence-electron chi connectivity index (χ0n) is 8.79. The highest BCUT2D eigenvalue weighted by Crippen LogP contribution is 2.11. The van der Waals surface area contributed by atoms with Crippen molar-refractivity contribution in [3.8, 4) is 0 Å². The molecule has 0 aromatic heterocycles. The molecule has 0 saturated carbocycles. The molecule has 3 heteroatoms. The van der Waals surface area contributed by atoms with Crippen LogP contribution in [0, 0.1) is 5.82 Å². The van der Waals surface area contributed by atoms with E-state index in [9.17, 15) is 9.18 Å². The third-order valence-corrected chi connectivity index (χ3v) is 1.99. The lowest BCUT2D eigenvalue weighted by Gasteiger charge is -2.02. The van der Waals surface area contributed by atoms with Crippen LogP contribution in [0.5, 0.6) is 0 Å². The summed E-state index contributed by atoms with van der Waals surface area (Å²) >= 11 is 0. The third-order valence-electron chi connectivity index (χ3n) is 1.99. The molecule has 0 N–H and O–H groups in total. The number of halogens is 1. The van der Waals surface area contributed by atoms with Crippen LogP contribution < -0.4 is 0 Å². The molecule has 0 unspecified atom stereocenters. The number of ether oxygens (including phenoxy) is 1. The summed E-state index contributed by atoms with van der Waals surface area (Å²) in [6, 6.07) is 6.51. The van der Waals surface area contributed by atoms with Crippen LogP contribution in [0.3, 0.4) is 0 Å². The van der Waals surface area contributed by atoms with E-state index in [-0.39, 0.29) is 5.82 Å². The van der Waals surface area contributed by atoms with Crippen molar-refractivity contribution in [2.75, 3.05) is 7.11 Å². The van der Waals surface area contributed by atoms with Crippen LogP contribution in [0.15, 0.2) is 35.9 Å². The Kier molecular flexibility index (Phi) is 4.03. The minimum Gasteiger partial charge on any atom is -0.466 e. The Morgan fingerprint density at radius 3 is 2.73 bits per heavy atom. The number of esters is 1. The summed E-state index contributed by atoms with van der Waals surface area (Å²) in [6.07, 6.45) is 1.79. The molecule has 1 aromatic carbocycles. The van der Waals surface area contributed by atoms with E-state index in [2.05, 4.69) is 4.74 Å². The average molecular weight is 208 g/mol. The molecule has 0 aliphatic heterocycles. The molecule has 0 aliphatic carbocycles. The van der Waals surface area contributed by atoms with Crippen molar-refractivity contribution in [2.45, 2.75) is 13.3 Å². The highest BCUT2D eigenvalue weighted by atomic mass is 19.1. The van der Waals surface area contributed by atoms with Gasteiger partial charge in [-0.25, -0.2) is 9.18 Å². The fourth-order valence-corrected chi connectivity index (χ4v) is 1.25. The van der Waals surface area contributed by atoms with Crippen LogP contribution in [0.2, 0.25) is 0 Å². The molecule has 0 amide bonds. The quantitative estimate of drug-likeness (QED) is 0.563. The zero-order chi connectivity index (χ0) is 11.3. The molecular formula is C12H13FO2. The molecule has 0 fully saturated rings. The third kappa shape index (κ3) is 3.54. The van der Waals surface area contributed by atoms with Gasteiger partial charge in [0, 0.05) is 6.08 Å². The lowest BCUT2D eigenvalue weighted by atomic mass is 10.1. The molecule has 0 saturated heterocycles. The lowest BCUT2D eigenvalue weighted by molar-refractivity contribution is -0.134. The lowest BCUT2D eigenvalue weighted by Crippen LogP contribution is -1.98. The first-order chi connectivity index (χ1) is 7.13. The van der Waals surface area contributed by atoms with E-state index in [4.69, 9.17) is 0 Å². The molecule has 0 aliphatic rings. The summed E-state index contributed by atoms with van der Waals surface area (Å²) in [4.78, 5) is 10.9. The minimum atomic E-state index is -0.413. The monoisotopic (exact) mass is 208 g/mol. The highest BCUT2D eigenvalue weighted by molar-refractivity contribution is 5.82. The molecule has 0 atom stereocenters. The number of methoxy groups -OCH3 is 1. The Labute approximate surface area is 88.4 Å². The minimum absolute atomic E-state index is 0.255. The van der Waals surface area contributed by atoms with Gasteiger partial charge in [-0.05, 0) is 25.0 Å². The number of rotatable bonds is 3. The van der Waals surface area contributed by atoms with E-state index in [1.165, 1.54) is 19.3 Å². The van der Waals surface area contributed by atoms with Crippen molar-refractivity contribution >= 4 is 5.97 Å². The number of allylic oxidation sites excluding steroid dienone is 1. The smallest absolute Gasteiger partial charge is 0.330 e. The summed E-state index contributed by atoms with van der Waals surface area (Å²) in [7, 11) is 1.31. The first-order valence-electron chi connectivity index (χ1n) is 4.62. The average Bonchev–Trinajstić information content (AvgIpc) is 2.21. The number of hydrogen-bond donors (Lipinski definition) is 0. The summed E-state index contributed by atoms with van der Waals surface area (Å²) in [5.74, 6) is -0.668. The fraction of sp³-hybridized carbons (Fsp3) is 0.250. The number of carbonyl (C=O) groups excluding carboxylic acids is 1. The standard InChI is InChI=1S/C12H13FO2/c1-9(8-12(14)15-2)7-10-5-3-4-6-11(10)13/h3-6,8H,7H2,1-2H3/b9-8-. The van der Waals surface area contributed by atoms with Crippen molar-refractivity contribution in [1.82, 2.24) is 0 Å². The zero-order valence-corrected chi connectivity index (χ0v) is 8.79. The fourth-order valence-electron chi connectivity index (χ4n) is 1.25. The molecule has 15 heavy (non-hydrogen) atoms. The number of hydrogen-bond acceptors (Lipinski definition) is 2. The maximum Gasteiger partial charge on any atom is 0.330 e. The van der Waals surface area contributed by atoms with Crippen molar-refractivity contribution in [3.05, 3.63) is 47.3 Å². The maximum atomic E-state index is 13.2. The second kappa shape index (κ2) is 5.29. The Bertz CT molecular complexity index is 383. The molecule has 0 radical (unpaired) electrons. The normalized spacial score (nSPS) is 11.3. The van der Waals surface area contributed by atoms with E-state index in [0.29, 0.717) is 12.0 Å². The molecular weight excluding hydrogens is 195 g/mol. The van der Waals surface area contributed by atoms with Crippen molar-refractivity contribution < 1.29 is 13.9 Å². The van der Waals surface area contributed by atoms with Crippen LogP contribution in [0.1, 0.15) is 12.5 Å². The molecule has 0 bridgehead atoms. The van der Waals surface area contributed by atoms with Gasteiger partial charge in [-0.1, -0.05) is 23.8 Å². The summed E-state index contributed by atoms with van der Waals surface area (Å²) in [5, 5.41) is 0. The van der Waals surface area contributed by atoms with Gasteiger partial charge in [-0.2, -0.15) is 0 Å². The van der Waals surface area contributed by atoms with Gasteiger partial charge in [0.2, 0.25) is 0 Å². The van der Waals surface area contributed by atoms with Crippen molar-refractivity contribution in [3.63, 3.8) is 0 Å². The SMILES string of the molecule is COC(=O)/C=C(/C)Cc1ccccc1F. The second-order valence-corrected chi connectivity index (χ2v) is 3.28. The van der Waals surface area contributed by atoms with Crippen LogP contribution in [0.25, 0.3) is 0 Å². The van der Waals surface area contributed by atoms with Gasteiger partial charge in [-0.3, -0.25) is 0 Å². The van der Waals surface area contributed by atoms with E-state index >= 15 is 0 Å². The van der Waals surface area contributed by atoms with Gasteiger partial charge in [0.25, 0.3) is 0 Å². The van der Waals surface area contributed by atoms with E-state index in [0.717, 1.165) is 5.57 Å². The van der Waals surface area contributed by atoms with Gasteiger partial charge < -0.3 is 4.74 Å². The first-order valence-corrected chi connectivity index (χ1v) is 4.62. The second-order valence-electron chi connectivity index (χ2n) is 3.28. The van der Waals surface area contributed by atoms with Crippen molar-refractivity contribution in [2.24, 2.45) is 0 Å². The molecule has 1 aromatic rings. The van der Waals surface area contributed by atoms with Crippen LogP contribution in [0.4, 0.5) is 4.39 Å². The van der Waals surface area contributed by atoms with Crippen LogP contribution >= 0.6 is 0 Å². The predicted molar refractivity (Wildman–Crippen MR) is 55.9 cm³/mol. The molecule has 0 spiro atoms. The Balaban J connectivity index is 2.74. The number of benzene rings is 1. The summed E-state index contributed by atoms with van der Waals surface area (Å²) in [6.45, 7) is 1.77. The highest BCUT2D eigenvalue weighted by Gasteiger charge is 2.03. The van der Waals surface area contributed by atoms with Crippen molar-refractivity contribution in [1.29, 1.82) is 0 Å². The number of carbonyl (C=O) groups is 1. The van der Waals surface area contributed by atoms with Gasteiger partial charge >= 0.3 is 5.97 Å². The molecule has 80 valence electrons. The van der Waals surface area contributed by atoms with Gasteiger partial charge in [0.15, 0.2) is 0 Å². The largest absolute Gasteiger partial charge is 0.466 e. The summed E-state index contributed by atoms with van der Waals surface area (Å²) in [5.41, 5.74) is 1.35. The maximum absolute atomic E-state index is 13.2. The van der Waals surface area contributed by atoms with E-state index < -0.39 is 5.97 Å². The Morgan fingerprint density at radius 2 is 2.13 bits per heavy atom. The summed E-state index contributed by atoms with van der Waals surface area (Å²) < 4.78 is 17.7. The Morgan fingerprint density at radius 1 is 1.47 bits per heavy atom. The first kappa shape index (κ1) is 11.4. The Hall–Kier alpha value is -1.64. The molecule has 2 nitrogen and oxygen atoms in total. The van der Waals surface area contributed by atoms with Gasteiger partial charge in [0.05, 0.1) is 7.11 Å². The van der Waals surface area contributed by atoms with Gasteiger partial charge in [-0.15, -0.1) is 0 Å². The van der Waals surface area contributed by atoms with Crippen LogP contribution in [-0.4, -0.2) is 13.1 Å². The molecule has 1 rings (SSSR count). The predicted octanol–water partition coefficient (Wildman–Crippen LogP) is 2.49.